The number of hydrogen-bond acceptors (Lipinski definition) is 5. The molecule has 1 N–H and O–H groups in total. The molecule has 3 rings (SSSR count). The maximum absolute atomic E-state index is 12.4. The molecule has 1 aromatic rings. The first-order valence-electron chi connectivity index (χ1n) is 10.1. The summed E-state index contributed by atoms with van der Waals surface area (Å²) < 4.78 is 0. The second kappa shape index (κ2) is 10.7. The third-order valence-corrected chi connectivity index (χ3v) is 5.80. The molecule has 1 saturated heterocycles. The van der Waals surface area contributed by atoms with Gasteiger partial charge in [-0.1, -0.05) is 19.1 Å². The summed E-state index contributed by atoms with van der Waals surface area (Å²) in [6, 6.07) is 7.34. The highest BCUT2D eigenvalue weighted by molar-refractivity contribution is 6.21. The molecule has 2 aliphatic rings. The van der Waals surface area contributed by atoms with Crippen LogP contribution in [0.25, 0.3) is 0 Å². The van der Waals surface area contributed by atoms with E-state index in [1.165, 1.54) is 4.90 Å². The fourth-order valence-electron chi connectivity index (χ4n) is 4.23. The minimum Gasteiger partial charge on any atom is -0.480 e. The third-order valence-electron chi connectivity index (χ3n) is 5.80. The maximum atomic E-state index is 12.4. The lowest BCUT2D eigenvalue weighted by Crippen LogP contribution is -2.46. The van der Waals surface area contributed by atoms with E-state index in [0.29, 0.717) is 23.7 Å². The molecule has 0 saturated carbocycles. The topological polar surface area (TPSA) is 81.2 Å². The fraction of sp³-hybridized carbons (Fsp3) is 0.571. The summed E-state index contributed by atoms with van der Waals surface area (Å²) in [5, 5.41) is 9.02. The standard InChI is InChI=1S/C21H29N3O4.ClH/c1-2-23(15-19(25)26)16-9-13-22(14-10-16)11-5-6-12-24-20(27)17-7-3-4-8-18(17)21(24)28;/h3-4,7-8,16H,2,5-6,9-15H2,1H3,(H,25,26);1H. The van der Waals surface area contributed by atoms with Crippen LogP contribution in [-0.4, -0.2) is 82.9 Å². The van der Waals surface area contributed by atoms with Crippen LogP contribution in [0.4, 0.5) is 0 Å². The number of fused-ring (bicyclic) bond motifs is 1. The zero-order valence-corrected chi connectivity index (χ0v) is 17.7. The van der Waals surface area contributed by atoms with Gasteiger partial charge in [0.1, 0.15) is 0 Å². The lowest BCUT2D eigenvalue weighted by atomic mass is 10.0. The van der Waals surface area contributed by atoms with Gasteiger partial charge in [0.15, 0.2) is 0 Å². The number of halogens is 1. The van der Waals surface area contributed by atoms with Crippen molar-refractivity contribution in [2.45, 2.75) is 38.6 Å². The molecular weight excluding hydrogens is 394 g/mol. The Hall–Kier alpha value is -1.96. The lowest BCUT2D eigenvalue weighted by Gasteiger charge is -2.37. The highest BCUT2D eigenvalue weighted by Gasteiger charge is 2.34. The molecule has 1 aromatic carbocycles. The van der Waals surface area contributed by atoms with Crippen LogP contribution in [0.5, 0.6) is 0 Å². The summed E-state index contributed by atoms with van der Waals surface area (Å²) >= 11 is 0. The molecule has 0 atom stereocenters. The Morgan fingerprint density at radius 2 is 1.62 bits per heavy atom. The van der Waals surface area contributed by atoms with Gasteiger partial charge in [-0.05, 0) is 64.0 Å². The second-order valence-electron chi connectivity index (χ2n) is 7.54. The number of carbonyl (C=O) groups excluding carboxylic acids is 2. The minimum atomic E-state index is -0.766. The van der Waals surface area contributed by atoms with Gasteiger partial charge in [0, 0.05) is 12.6 Å². The van der Waals surface area contributed by atoms with Crippen molar-refractivity contribution in [1.82, 2.24) is 14.7 Å². The molecule has 0 unspecified atom stereocenters. The number of likely N-dealkylation sites (N-methyl/N-ethyl adjacent to an activating group) is 1. The van der Waals surface area contributed by atoms with Crippen molar-refractivity contribution in [2.24, 2.45) is 0 Å². The Morgan fingerprint density at radius 1 is 1.07 bits per heavy atom. The van der Waals surface area contributed by atoms with Crippen LogP contribution in [-0.2, 0) is 4.79 Å². The SMILES string of the molecule is CCN(CC(=O)O)C1CCN(CCCCN2C(=O)c3ccccc3C2=O)CC1.Cl. The summed E-state index contributed by atoms with van der Waals surface area (Å²) in [5.41, 5.74) is 1.02. The van der Waals surface area contributed by atoms with Gasteiger partial charge in [-0.15, -0.1) is 12.4 Å². The van der Waals surface area contributed by atoms with Crippen LogP contribution in [0.2, 0.25) is 0 Å². The molecule has 7 nitrogen and oxygen atoms in total. The lowest BCUT2D eigenvalue weighted by molar-refractivity contribution is -0.139. The predicted octanol–water partition coefficient (Wildman–Crippen LogP) is 2.36. The van der Waals surface area contributed by atoms with Crippen LogP contribution < -0.4 is 0 Å². The van der Waals surface area contributed by atoms with E-state index in [9.17, 15) is 14.4 Å². The number of benzene rings is 1. The Kier molecular flexibility index (Phi) is 8.61. The quantitative estimate of drug-likeness (QED) is 0.485. The largest absolute Gasteiger partial charge is 0.480 e. The number of nitrogens with zero attached hydrogens (tertiary/aromatic N) is 3. The van der Waals surface area contributed by atoms with Crippen LogP contribution in [0.3, 0.4) is 0 Å². The molecule has 2 heterocycles. The van der Waals surface area contributed by atoms with Crippen molar-refractivity contribution < 1.29 is 19.5 Å². The second-order valence-corrected chi connectivity index (χ2v) is 7.54. The van der Waals surface area contributed by atoms with Crippen molar-refractivity contribution in [2.75, 3.05) is 39.3 Å². The van der Waals surface area contributed by atoms with E-state index in [1.54, 1.807) is 24.3 Å². The third kappa shape index (κ3) is 5.56. The Balaban J connectivity index is 0.00000300. The number of likely N-dealkylation sites (tertiary alicyclic amines) is 1. The highest BCUT2D eigenvalue weighted by atomic mass is 35.5. The predicted molar refractivity (Wildman–Crippen MR) is 113 cm³/mol. The number of carboxylic acid groups (broad SMARTS) is 1. The number of piperidine rings is 1. The number of carboxylic acids is 1. The first-order chi connectivity index (χ1) is 13.5. The van der Waals surface area contributed by atoms with Crippen LogP contribution in [0.1, 0.15) is 53.3 Å². The van der Waals surface area contributed by atoms with Crippen LogP contribution in [0.15, 0.2) is 24.3 Å². The molecule has 2 amide bonds. The molecule has 1 fully saturated rings. The van der Waals surface area contributed by atoms with Gasteiger partial charge >= 0.3 is 5.97 Å². The molecule has 29 heavy (non-hydrogen) atoms. The molecule has 0 spiro atoms. The Bertz CT molecular complexity index is 699. The molecule has 0 aliphatic carbocycles. The van der Waals surface area contributed by atoms with E-state index in [-0.39, 0.29) is 30.8 Å². The van der Waals surface area contributed by atoms with Crippen molar-refractivity contribution >= 4 is 30.2 Å². The van der Waals surface area contributed by atoms with Crippen molar-refractivity contribution in [1.29, 1.82) is 0 Å². The average Bonchev–Trinajstić information content (AvgIpc) is 2.94. The van der Waals surface area contributed by atoms with Gasteiger partial charge in [-0.3, -0.25) is 24.2 Å². The van der Waals surface area contributed by atoms with E-state index in [4.69, 9.17) is 5.11 Å². The van der Waals surface area contributed by atoms with E-state index >= 15 is 0 Å². The summed E-state index contributed by atoms with van der Waals surface area (Å²) in [7, 11) is 0. The van der Waals surface area contributed by atoms with Crippen LogP contribution in [0, 0.1) is 0 Å². The maximum Gasteiger partial charge on any atom is 0.317 e. The number of imide groups is 1. The van der Waals surface area contributed by atoms with Gasteiger partial charge < -0.3 is 10.0 Å². The van der Waals surface area contributed by atoms with Gasteiger partial charge in [-0.25, -0.2) is 0 Å². The van der Waals surface area contributed by atoms with E-state index in [1.807, 2.05) is 11.8 Å². The number of aliphatic carboxylic acids is 1. The number of hydrogen-bond donors (Lipinski definition) is 1. The zero-order valence-electron chi connectivity index (χ0n) is 16.9. The normalized spacial score (nSPS) is 17.5. The Morgan fingerprint density at radius 3 is 2.14 bits per heavy atom. The van der Waals surface area contributed by atoms with Crippen molar-refractivity contribution in [3.8, 4) is 0 Å². The number of amides is 2. The summed E-state index contributed by atoms with van der Waals surface area (Å²) in [5.74, 6) is -1.13. The summed E-state index contributed by atoms with van der Waals surface area (Å²) in [6.45, 7) is 6.22. The molecule has 0 radical (unpaired) electrons. The molecule has 160 valence electrons. The van der Waals surface area contributed by atoms with Gasteiger partial charge in [0.25, 0.3) is 11.8 Å². The fourth-order valence-corrected chi connectivity index (χ4v) is 4.23. The molecule has 0 aromatic heterocycles. The summed E-state index contributed by atoms with van der Waals surface area (Å²) in [4.78, 5) is 41.5. The highest BCUT2D eigenvalue weighted by Crippen LogP contribution is 2.23. The van der Waals surface area contributed by atoms with Gasteiger partial charge in [0.05, 0.1) is 17.7 Å². The Labute approximate surface area is 178 Å². The zero-order chi connectivity index (χ0) is 20.1. The number of rotatable bonds is 9. The van der Waals surface area contributed by atoms with E-state index in [0.717, 1.165) is 51.9 Å². The molecule has 8 heteroatoms. The minimum absolute atomic E-state index is 0. The van der Waals surface area contributed by atoms with Gasteiger partial charge in [-0.2, -0.15) is 0 Å². The summed E-state index contributed by atoms with van der Waals surface area (Å²) in [6.07, 6.45) is 3.70. The average molecular weight is 424 g/mol. The van der Waals surface area contributed by atoms with Crippen molar-refractivity contribution in [3.63, 3.8) is 0 Å². The first-order valence-corrected chi connectivity index (χ1v) is 10.1. The molecule has 0 bridgehead atoms. The van der Waals surface area contributed by atoms with E-state index < -0.39 is 5.97 Å². The number of carbonyl (C=O) groups is 3. The molecular formula is C21H30ClN3O4. The number of unbranched alkanes of at least 4 members (excludes halogenated alkanes) is 1. The monoisotopic (exact) mass is 423 g/mol. The molecule has 2 aliphatic heterocycles. The smallest absolute Gasteiger partial charge is 0.317 e. The van der Waals surface area contributed by atoms with Crippen molar-refractivity contribution in [3.05, 3.63) is 35.4 Å². The van der Waals surface area contributed by atoms with Gasteiger partial charge in [0.2, 0.25) is 0 Å². The first kappa shape index (κ1) is 23.3. The van der Waals surface area contributed by atoms with Crippen LogP contribution >= 0.6 is 12.4 Å². The van der Waals surface area contributed by atoms with E-state index in [2.05, 4.69) is 4.90 Å².